The lowest BCUT2D eigenvalue weighted by Gasteiger charge is -2.30. The minimum Gasteiger partial charge on any atom is -0.374 e. The molecule has 0 aromatic heterocycles. The van der Waals surface area contributed by atoms with Gasteiger partial charge in [0, 0.05) is 27.9 Å². The maximum absolute atomic E-state index is 5.28. The Morgan fingerprint density at radius 2 is 1.04 bits per heavy atom. The molecule has 2 N–H and O–H groups in total. The van der Waals surface area contributed by atoms with Crippen molar-refractivity contribution < 1.29 is 0 Å². The van der Waals surface area contributed by atoms with E-state index in [0.29, 0.717) is 0 Å². The standard InChI is InChI=1S/C44H32N4/c1-3-14-32(15-4-1)42-46-43(33-16-5-2-6-17-33)48-44(47-42)40-34-18-8-7-13-29(34)27-28-35(40)30-23-25-31(26-24-30)41-38-21-10-9-19-36(38)37-20-11-12-22-39(37)45-41/h1-28,41,44-45H,(H,46,47,48). The molecule has 1 unspecified atom stereocenters. The van der Waals surface area contributed by atoms with Gasteiger partial charge in [-0.15, -0.1) is 0 Å². The van der Waals surface area contributed by atoms with Crippen molar-refractivity contribution in [2.45, 2.75) is 12.2 Å². The molecule has 2 aliphatic rings. The van der Waals surface area contributed by atoms with Crippen LogP contribution in [0.5, 0.6) is 0 Å². The van der Waals surface area contributed by atoms with Crippen LogP contribution in [0, 0.1) is 0 Å². The van der Waals surface area contributed by atoms with Gasteiger partial charge in [-0.25, -0.2) is 9.98 Å². The predicted molar refractivity (Wildman–Crippen MR) is 199 cm³/mol. The number of benzene rings is 7. The summed E-state index contributed by atoms with van der Waals surface area (Å²) < 4.78 is 0. The van der Waals surface area contributed by atoms with Crippen LogP contribution in [0.1, 0.15) is 40.0 Å². The second-order valence-electron chi connectivity index (χ2n) is 12.3. The molecule has 0 fully saturated rings. The van der Waals surface area contributed by atoms with E-state index in [4.69, 9.17) is 9.98 Å². The number of para-hydroxylation sites is 1. The van der Waals surface area contributed by atoms with E-state index in [9.17, 15) is 0 Å². The lowest BCUT2D eigenvalue weighted by Crippen LogP contribution is -2.36. The van der Waals surface area contributed by atoms with Crippen molar-refractivity contribution in [1.82, 2.24) is 5.32 Å². The van der Waals surface area contributed by atoms with Gasteiger partial charge in [0.2, 0.25) is 0 Å². The summed E-state index contributed by atoms with van der Waals surface area (Å²) in [5, 5.41) is 9.68. The number of amidine groups is 2. The Morgan fingerprint density at radius 3 is 1.77 bits per heavy atom. The number of aliphatic imine (C=N–C) groups is 2. The largest absolute Gasteiger partial charge is 0.374 e. The van der Waals surface area contributed by atoms with Gasteiger partial charge in [-0.1, -0.05) is 164 Å². The zero-order valence-corrected chi connectivity index (χ0v) is 26.2. The molecule has 0 spiro atoms. The Morgan fingerprint density at radius 1 is 0.438 bits per heavy atom. The van der Waals surface area contributed by atoms with Crippen molar-refractivity contribution in [3.8, 4) is 22.3 Å². The number of hydrogen-bond donors (Lipinski definition) is 2. The predicted octanol–water partition coefficient (Wildman–Crippen LogP) is 10.2. The second-order valence-corrected chi connectivity index (χ2v) is 12.3. The molecule has 4 nitrogen and oxygen atoms in total. The topological polar surface area (TPSA) is 48.8 Å². The van der Waals surface area contributed by atoms with Gasteiger partial charge < -0.3 is 10.6 Å². The second kappa shape index (κ2) is 11.8. The number of nitrogens with zero attached hydrogens (tertiary/aromatic N) is 2. The van der Waals surface area contributed by atoms with E-state index in [1.54, 1.807) is 0 Å². The quantitative estimate of drug-likeness (QED) is 0.202. The fraction of sp³-hybridized carbons (Fsp3) is 0.0455. The summed E-state index contributed by atoms with van der Waals surface area (Å²) >= 11 is 0. The van der Waals surface area contributed by atoms with Crippen LogP contribution in [0.25, 0.3) is 33.0 Å². The van der Waals surface area contributed by atoms with Crippen LogP contribution in [0.3, 0.4) is 0 Å². The molecule has 9 rings (SSSR count). The van der Waals surface area contributed by atoms with Gasteiger partial charge in [0.05, 0.1) is 6.04 Å². The molecular weight excluding hydrogens is 585 g/mol. The average Bonchev–Trinajstić information content (AvgIpc) is 3.18. The van der Waals surface area contributed by atoms with Crippen molar-refractivity contribution in [3.63, 3.8) is 0 Å². The van der Waals surface area contributed by atoms with Crippen LogP contribution < -0.4 is 10.6 Å². The zero-order valence-electron chi connectivity index (χ0n) is 26.2. The number of fused-ring (bicyclic) bond motifs is 4. The van der Waals surface area contributed by atoms with Gasteiger partial charge in [0.1, 0.15) is 11.7 Å². The number of anilines is 1. The fourth-order valence-electron chi connectivity index (χ4n) is 7.08. The SMILES string of the molecule is c1ccc(C2=NC(c3c(-c4ccc(C5Nc6ccccc6-c6ccccc65)cc4)ccc4ccccc34)N=C(c3ccccc3)N2)cc1. The highest BCUT2D eigenvalue weighted by molar-refractivity contribution is 6.16. The van der Waals surface area contributed by atoms with Crippen LogP contribution in [-0.2, 0) is 0 Å². The Kier molecular flexibility index (Phi) is 6.90. The zero-order chi connectivity index (χ0) is 31.9. The lowest BCUT2D eigenvalue weighted by atomic mass is 9.85. The van der Waals surface area contributed by atoms with E-state index < -0.39 is 6.17 Å². The highest BCUT2D eigenvalue weighted by Crippen LogP contribution is 2.44. The Labute approximate surface area is 280 Å². The van der Waals surface area contributed by atoms with Crippen molar-refractivity contribution in [3.05, 3.63) is 198 Å². The molecule has 2 aliphatic heterocycles. The summed E-state index contributed by atoms with van der Waals surface area (Å²) in [5.74, 6) is 1.62. The summed E-state index contributed by atoms with van der Waals surface area (Å²) in [6.45, 7) is 0. The van der Waals surface area contributed by atoms with Crippen LogP contribution in [0.4, 0.5) is 5.69 Å². The van der Waals surface area contributed by atoms with Gasteiger partial charge in [-0.05, 0) is 44.7 Å². The maximum Gasteiger partial charge on any atom is 0.170 e. The molecule has 0 bridgehead atoms. The van der Waals surface area contributed by atoms with Crippen molar-refractivity contribution in [1.29, 1.82) is 0 Å². The summed E-state index contributed by atoms with van der Waals surface area (Å²) in [6, 6.07) is 60.0. The summed E-state index contributed by atoms with van der Waals surface area (Å²) in [4.78, 5) is 10.6. The minimum atomic E-state index is -0.444. The number of hydrogen-bond acceptors (Lipinski definition) is 4. The smallest absolute Gasteiger partial charge is 0.170 e. The Balaban J connectivity index is 1.17. The molecule has 0 saturated heterocycles. The number of rotatable bonds is 5. The van der Waals surface area contributed by atoms with Gasteiger partial charge >= 0.3 is 0 Å². The van der Waals surface area contributed by atoms with Gasteiger partial charge in [0.25, 0.3) is 0 Å². The molecule has 4 heteroatoms. The first-order valence-corrected chi connectivity index (χ1v) is 16.4. The van der Waals surface area contributed by atoms with E-state index in [1.807, 2.05) is 36.4 Å². The van der Waals surface area contributed by atoms with Crippen molar-refractivity contribution in [2.75, 3.05) is 5.32 Å². The molecule has 7 aromatic rings. The Bertz CT molecular complexity index is 2290. The summed E-state index contributed by atoms with van der Waals surface area (Å²) in [5.41, 5.74) is 11.6. The highest BCUT2D eigenvalue weighted by Gasteiger charge is 2.27. The molecule has 0 saturated carbocycles. The molecule has 228 valence electrons. The van der Waals surface area contributed by atoms with Gasteiger partial charge in [0.15, 0.2) is 6.17 Å². The first kappa shape index (κ1) is 28.0. The van der Waals surface area contributed by atoms with Crippen molar-refractivity contribution >= 4 is 28.1 Å². The third-order valence-electron chi connectivity index (χ3n) is 9.41. The van der Waals surface area contributed by atoms with Crippen LogP contribution in [0.2, 0.25) is 0 Å². The fourth-order valence-corrected chi connectivity index (χ4v) is 7.08. The molecule has 2 heterocycles. The van der Waals surface area contributed by atoms with Gasteiger partial charge in [-0.3, -0.25) is 0 Å². The van der Waals surface area contributed by atoms with E-state index in [2.05, 4.69) is 144 Å². The van der Waals surface area contributed by atoms with Crippen LogP contribution in [0.15, 0.2) is 180 Å². The third-order valence-corrected chi connectivity index (χ3v) is 9.41. The van der Waals surface area contributed by atoms with Gasteiger partial charge in [-0.2, -0.15) is 0 Å². The van der Waals surface area contributed by atoms with Crippen LogP contribution >= 0.6 is 0 Å². The molecule has 0 radical (unpaired) electrons. The molecule has 7 aromatic carbocycles. The van der Waals surface area contributed by atoms with Crippen LogP contribution in [-0.4, -0.2) is 11.7 Å². The monoisotopic (exact) mass is 616 g/mol. The molecular formula is C44H32N4. The van der Waals surface area contributed by atoms with E-state index in [0.717, 1.165) is 50.6 Å². The van der Waals surface area contributed by atoms with Crippen molar-refractivity contribution in [2.24, 2.45) is 9.98 Å². The molecule has 1 atom stereocenters. The third kappa shape index (κ3) is 4.95. The van der Waals surface area contributed by atoms with E-state index in [1.165, 1.54) is 27.6 Å². The number of nitrogens with one attached hydrogen (secondary N) is 2. The first-order chi connectivity index (χ1) is 23.8. The first-order valence-electron chi connectivity index (χ1n) is 16.4. The molecule has 0 aliphatic carbocycles. The molecule has 48 heavy (non-hydrogen) atoms. The highest BCUT2D eigenvalue weighted by atomic mass is 15.2. The lowest BCUT2D eigenvalue weighted by molar-refractivity contribution is 0.764. The van der Waals surface area contributed by atoms with E-state index in [-0.39, 0.29) is 6.04 Å². The summed E-state index contributed by atoms with van der Waals surface area (Å²) in [7, 11) is 0. The van der Waals surface area contributed by atoms with E-state index >= 15 is 0 Å². The minimum absolute atomic E-state index is 0.0571. The average molecular weight is 617 g/mol. The normalized spacial score (nSPS) is 15.4. The molecule has 0 amide bonds. The maximum atomic E-state index is 5.28. The Hall–Kier alpha value is -6.26. The summed E-state index contributed by atoms with van der Waals surface area (Å²) in [6.07, 6.45) is -0.444.